The molecule has 0 atom stereocenters. The molecule has 0 radical (unpaired) electrons. The molecule has 0 spiro atoms. The highest BCUT2D eigenvalue weighted by Crippen LogP contribution is 2.37. The maximum absolute atomic E-state index is 11.4. The van der Waals surface area contributed by atoms with Crippen LogP contribution in [0.2, 0.25) is 10.0 Å². The highest BCUT2D eigenvalue weighted by atomic mass is 35.5. The lowest BCUT2D eigenvalue weighted by Gasteiger charge is -2.12. The van der Waals surface area contributed by atoms with Gasteiger partial charge in [0.1, 0.15) is 11.5 Å². The van der Waals surface area contributed by atoms with Crippen molar-refractivity contribution >= 4 is 45.6 Å². The lowest BCUT2D eigenvalue weighted by Crippen LogP contribution is -2.09. The monoisotopic (exact) mass is 359 g/mol. The Labute approximate surface area is 150 Å². The molecule has 3 aromatic carbocycles. The van der Waals surface area contributed by atoms with E-state index in [4.69, 9.17) is 27.9 Å². The van der Waals surface area contributed by atoms with E-state index in [1.165, 1.54) is 0 Å². The fourth-order valence-corrected chi connectivity index (χ4v) is 2.80. The summed E-state index contributed by atoms with van der Waals surface area (Å²) < 4.78 is 5.96. The zero-order valence-electron chi connectivity index (χ0n) is 13.0. The fourth-order valence-electron chi connectivity index (χ4n) is 2.35. The Kier molecular flexibility index (Phi) is 4.93. The highest BCUT2D eigenvalue weighted by Gasteiger charge is 2.10. The molecule has 0 aliphatic rings. The van der Waals surface area contributed by atoms with Gasteiger partial charge in [-0.3, -0.25) is 4.79 Å². The van der Waals surface area contributed by atoms with E-state index in [0.717, 1.165) is 10.8 Å². The molecule has 0 aliphatic carbocycles. The number of benzene rings is 3. The molecule has 1 N–H and O–H groups in total. The molecule has 0 saturated heterocycles. The maximum Gasteiger partial charge on any atom is 0.224 e. The van der Waals surface area contributed by atoms with Crippen LogP contribution in [0.3, 0.4) is 0 Å². The van der Waals surface area contributed by atoms with Gasteiger partial charge in [-0.2, -0.15) is 0 Å². The number of ether oxygens (including phenoxy) is 1. The number of hydrogen-bond donors (Lipinski definition) is 1. The molecular formula is C19H15Cl2NO2. The van der Waals surface area contributed by atoms with Crippen LogP contribution in [0.5, 0.6) is 11.5 Å². The average Bonchev–Trinajstić information content (AvgIpc) is 2.59. The van der Waals surface area contributed by atoms with Crippen molar-refractivity contribution in [3.63, 3.8) is 0 Å². The Balaban J connectivity index is 1.92. The third kappa shape index (κ3) is 3.48. The Morgan fingerprint density at radius 1 is 0.958 bits per heavy atom. The van der Waals surface area contributed by atoms with Crippen molar-refractivity contribution in [2.75, 3.05) is 5.32 Å². The summed E-state index contributed by atoms with van der Waals surface area (Å²) in [5.41, 5.74) is 0.639. The molecule has 3 nitrogen and oxygen atoms in total. The normalized spacial score (nSPS) is 10.6. The van der Waals surface area contributed by atoms with E-state index in [1.807, 2.05) is 30.3 Å². The molecule has 0 saturated carbocycles. The SMILES string of the molecule is CCC(=O)Nc1ccc(Oc2ccc(Cl)c3ccccc23)c(Cl)c1. The molecule has 0 heterocycles. The summed E-state index contributed by atoms with van der Waals surface area (Å²) in [5.74, 6) is 1.12. The van der Waals surface area contributed by atoms with Gasteiger partial charge in [0.15, 0.2) is 0 Å². The van der Waals surface area contributed by atoms with E-state index >= 15 is 0 Å². The van der Waals surface area contributed by atoms with Crippen molar-refractivity contribution in [1.29, 1.82) is 0 Å². The molecule has 24 heavy (non-hydrogen) atoms. The standard InChI is InChI=1S/C19H15Cl2NO2/c1-2-19(23)22-12-7-9-18(16(21)11-12)24-17-10-8-15(20)13-5-3-4-6-14(13)17/h3-11H,2H2,1H3,(H,22,23). The molecule has 0 aliphatic heterocycles. The van der Waals surface area contributed by atoms with Gasteiger partial charge in [0.05, 0.1) is 5.02 Å². The number of rotatable bonds is 4. The number of amides is 1. The van der Waals surface area contributed by atoms with Crippen LogP contribution in [0.1, 0.15) is 13.3 Å². The van der Waals surface area contributed by atoms with Crippen molar-refractivity contribution in [2.45, 2.75) is 13.3 Å². The second-order valence-corrected chi connectivity index (χ2v) is 6.05. The minimum atomic E-state index is -0.0663. The van der Waals surface area contributed by atoms with E-state index < -0.39 is 0 Å². The third-order valence-electron chi connectivity index (χ3n) is 3.59. The lowest BCUT2D eigenvalue weighted by atomic mass is 10.1. The van der Waals surface area contributed by atoms with Crippen LogP contribution in [0, 0.1) is 0 Å². The van der Waals surface area contributed by atoms with Crippen LogP contribution in [0.4, 0.5) is 5.69 Å². The van der Waals surface area contributed by atoms with Gasteiger partial charge >= 0.3 is 0 Å². The Bertz CT molecular complexity index is 909. The van der Waals surface area contributed by atoms with Gasteiger partial charge in [-0.15, -0.1) is 0 Å². The number of carbonyl (C=O) groups excluding carboxylic acids is 1. The summed E-state index contributed by atoms with van der Waals surface area (Å²) in [5, 5.41) is 5.67. The van der Waals surface area contributed by atoms with E-state index in [1.54, 1.807) is 31.2 Å². The topological polar surface area (TPSA) is 38.3 Å². The first kappa shape index (κ1) is 16.6. The van der Waals surface area contributed by atoms with Gasteiger partial charge in [-0.05, 0) is 30.3 Å². The Hall–Kier alpha value is -2.23. The molecule has 0 unspecified atom stereocenters. The Morgan fingerprint density at radius 2 is 1.67 bits per heavy atom. The number of carbonyl (C=O) groups is 1. The number of fused-ring (bicyclic) bond motifs is 1. The molecule has 3 rings (SSSR count). The molecule has 3 aromatic rings. The summed E-state index contributed by atoms with van der Waals surface area (Å²) in [7, 11) is 0. The minimum Gasteiger partial charge on any atom is -0.455 e. The number of hydrogen-bond acceptors (Lipinski definition) is 2. The first-order valence-corrected chi connectivity index (χ1v) is 8.28. The first-order valence-electron chi connectivity index (χ1n) is 7.53. The minimum absolute atomic E-state index is 0.0663. The summed E-state index contributed by atoms with van der Waals surface area (Å²) in [6, 6.07) is 16.5. The quantitative estimate of drug-likeness (QED) is 0.594. The van der Waals surface area contributed by atoms with Crippen LogP contribution >= 0.6 is 23.2 Å². The molecule has 0 aromatic heterocycles. The van der Waals surface area contributed by atoms with E-state index in [-0.39, 0.29) is 5.91 Å². The first-order chi connectivity index (χ1) is 11.6. The van der Waals surface area contributed by atoms with Gasteiger partial charge < -0.3 is 10.1 Å². The number of halogens is 2. The smallest absolute Gasteiger partial charge is 0.224 e. The molecule has 122 valence electrons. The average molecular weight is 360 g/mol. The molecule has 5 heteroatoms. The van der Waals surface area contributed by atoms with Crippen LogP contribution in [-0.2, 0) is 4.79 Å². The summed E-state index contributed by atoms with van der Waals surface area (Å²) in [4.78, 5) is 11.4. The zero-order chi connectivity index (χ0) is 17.1. The van der Waals surface area contributed by atoms with Crippen molar-refractivity contribution in [2.24, 2.45) is 0 Å². The van der Waals surface area contributed by atoms with E-state index in [2.05, 4.69) is 5.32 Å². The molecular weight excluding hydrogens is 345 g/mol. The maximum atomic E-state index is 11.4. The van der Waals surface area contributed by atoms with Crippen molar-refractivity contribution in [1.82, 2.24) is 0 Å². The summed E-state index contributed by atoms with van der Waals surface area (Å²) >= 11 is 12.5. The van der Waals surface area contributed by atoms with Gasteiger partial charge in [0, 0.05) is 27.9 Å². The highest BCUT2D eigenvalue weighted by molar-refractivity contribution is 6.35. The summed E-state index contributed by atoms with van der Waals surface area (Å²) in [6.45, 7) is 1.79. The second kappa shape index (κ2) is 7.12. The third-order valence-corrected chi connectivity index (χ3v) is 4.21. The van der Waals surface area contributed by atoms with Crippen LogP contribution in [0.25, 0.3) is 10.8 Å². The molecule has 0 bridgehead atoms. The number of anilines is 1. The predicted molar refractivity (Wildman–Crippen MR) is 99.4 cm³/mol. The second-order valence-electron chi connectivity index (χ2n) is 5.24. The number of nitrogens with one attached hydrogen (secondary N) is 1. The lowest BCUT2D eigenvalue weighted by molar-refractivity contribution is -0.115. The van der Waals surface area contributed by atoms with Crippen LogP contribution < -0.4 is 10.1 Å². The fraction of sp³-hybridized carbons (Fsp3) is 0.105. The Morgan fingerprint density at radius 3 is 2.38 bits per heavy atom. The van der Waals surface area contributed by atoms with Crippen LogP contribution in [0.15, 0.2) is 54.6 Å². The molecule has 0 fully saturated rings. The largest absolute Gasteiger partial charge is 0.455 e. The van der Waals surface area contributed by atoms with E-state index in [9.17, 15) is 4.79 Å². The van der Waals surface area contributed by atoms with Gasteiger partial charge in [-0.25, -0.2) is 0 Å². The van der Waals surface area contributed by atoms with Crippen molar-refractivity contribution < 1.29 is 9.53 Å². The van der Waals surface area contributed by atoms with Gasteiger partial charge in [-0.1, -0.05) is 54.4 Å². The summed E-state index contributed by atoms with van der Waals surface area (Å²) in [6.07, 6.45) is 0.409. The van der Waals surface area contributed by atoms with Gasteiger partial charge in [0.2, 0.25) is 5.91 Å². The van der Waals surface area contributed by atoms with E-state index in [0.29, 0.717) is 33.7 Å². The predicted octanol–water partition coefficient (Wildman–Crippen LogP) is 6.29. The molecule has 1 amide bonds. The van der Waals surface area contributed by atoms with Crippen molar-refractivity contribution in [3.8, 4) is 11.5 Å². The van der Waals surface area contributed by atoms with Crippen LogP contribution in [-0.4, -0.2) is 5.91 Å². The zero-order valence-corrected chi connectivity index (χ0v) is 14.5. The van der Waals surface area contributed by atoms with Crippen molar-refractivity contribution in [3.05, 3.63) is 64.6 Å². The van der Waals surface area contributed by atoms with Gasteiger partial charge in [0.25, 0.3) is 0 Å².